The number of nitrogens with two attached hydrogens (primary N) is 1. The number of nitrogens with zero attached hydrogens (tertiary/aromatic N) is 1. The van der Waals surface area contributed by atoms with Gasteiger partial charge in [0.2, 0.25) is 0 Å². The van der Waals surface area contributed by atoms with Crippen LogP contribution in [0, 0.1) is 0 Å². The van der Waals surface area contributed by atoms with Crippen molar-refractivity contribution in [3.63, 3.8) is 0 Å². The first kappa shape index (κ1) is 15.3. The van der Waals surface area contributed by atoms with Crippen molar-refractivity contribution in [1.82, 2.24) is 4.90 Å². The number of ether oxygens (including phenoxy) is 2. The van der Waals surface area contributed by atoms with Gasteiger partial charge in [-0.2, -0.15) is 0 Å². The second-order valence-corrected chi connectivity index (χ2v) is 6.09. The van der Waals surface area contributed by atoms with E-state index in [-0.39, 0.29) is 12.0 Å². The molecule has 1 aromatic carbocycles. The van der Waals surface area contributed by atoms with E-state index in [1.807, 2.05) is 29.2 Å². The topological polar surface area (TPSA) is 64.8 Å². The molecule has 0 unspecified atom stereocenters. The van der Waals surface area contributed by atoms with Crippen molar-refractivity contribution in [2.24, 2.45) is 5.73 Å². The number of carbonyl (C=O) groups is 1. The van der Waals surface area contributed by atoms with Crippen molar-refractivity contribution in [3.05, 3.63) is 29.8 Å². The van der Waals surface area contributed by atoms with Crippen LogP contribution >= 0.6 is 0 Å². The molecule has 1 aliphatic carbocycles. The molecule has 120 valence electrons. The van der Waals surface area contributed by atoms with Gasteiger partial charge in [-0.25, -0.2) is 0 Å². The molecule has 3 rings (SSSR count). The van der Waals surface area contributed by atoms with E-state index in [1.165, 1.54) is 0 Å². The summed E-state index contributed by atoms with van der Waals surface area (Å²) in [5.41, 5.74) is 6.61. The molecule has 2 fully saturated rings. The highest BCUT2D eigenvalue weighted by Crippen LogP contribution is 2.24. The zero-order valence-electron chi connectivity index (χ0n) is 12.9. The summed E-state index contributed by atoms with van der Waals surface area (Å²) in [5, 5.41) is 0. The Kier molecular flexibility index (Phi) is 4.95. The fraction of sp³-hybridized carbons (Fsp3) is 0.588. The summed E-state index contributed by atoms with van der Waals surface area (Å²) in [4.78, 5) is 14.3. The molecule has 2 aliphatic rings. The van der Waals surface area contributed by atoms with Crippen molar-refractivity contribution in [2.45, 2.75) is 37.8 Å². The lowest BCUT2D eigenvalue weighted by atomic mass is 9.94. The van der Waals surface area contributed by atoms with Gasteiger partial charge in [-0.15, -0.1) is 0 Å². The Labute approximate surface area is 131 Å². The van der Waals surface area contributed by atoms with Gasteiger partial charge >= 0.3 is 0 Å². The highest BCUT2D eigenvalue weighted by Gasteiger charge is 2.21. The molecule has 5 nitrogen and oxygen atoms in total. The number of morpholine rings is 1. The second-order valence-electron chi connectivity index (χ2n) is 6.09. The van der Waals surface area contributed by atoms with Crippen LogP contribution in [0.1, 0.15) is 36.0 Å². The van der Waals surface area contributed by atoms with Crippen molar-refractivity contribution >= 4 is 5.91 Å². The molecule has 5 heteroatoms. The first-order valence-electron chi connectivity index (χ1n) is 8.12. The summed E-state index contributed by atoms with van der Waals surface area (Å²) >= 11 is 0. The van der Waals surface area contributed by atoms with Crippen LogP contribution in [0.4, 0.5) is 0 Å². The van der Waals surface area contributed by atoms with Crippen LogP contribution in [0.3, 0.4) is 0 Å². The first-order chi connectivity index (χ1) is 10.7. The monoisotopic (exact) mass is 304 g/mol. The molecule has 2 N–H and O–H groups in total. The predicted octanol–water partition coefficient (Wildman–Crippen LogP) is 1.81. The van der Waals surface area contributed by atoms with E-state index >= 15 is 0 Å². The van der Waals surface area contributed by atoms with Gasteiger partial charge in [0.05, 0.1) is 19.3 Å². The number of rotatable bonds is 3. The van der Waals surface area contributed by atoms with Crippen LogP contribution in [0.5, 0.6) is 5.75 Å². The lowest BCUT2D eigenvalue weighted by Crippen LogP contribution is -2.40. The average Bonchev–Trinajstić information content (AvgIpc) is 2.57. The van der Waals surface area contributed by atoms with E-state index in [1.54, 1.807) is 0 Å². The summed E-state index contributed by atoms with van der Waals surface area (Å²) in [6.45, 7) is 2.55. The van der Waals surface area contributed by atoms with Gasteiger partial charge in [0.1, 0.15) is 5.75 Å². The van der Waals surface area contributed by atoms with Crippen molar-refractivity contribution < 1.29 is 14.3 Å². The third-order valence-electron chi connectivity index (χ3n) is 4.40. The molecular formula is C17H24N2O3. The minimum Gasteiger partial charge on any atom is -0.490 e. The fourth-order valence-corrected chi connectivity index (χ4v) is 3.05. The zero-order chi connectivity index (χ0) is 15.4. The normalized spacial score (nSPS) is 25.8. The lowest BCUT2D eigenvalue weighted by Gasteiger charge is -2.28. The van der Waals surface area contributed by atoms with Gasteiger partial charge in [0, 0.05) is 24.7 Å². The Hall–Kier alpha value is -1.59. The minimum atomic E-state index is 0.0550. The van der Waals surface area contributed by atoms with Crippen LogP contribution in [-0.2, 0) is 4.74 Å². The minimum absolute atomic E-state index is 0.0550. The van der Waals surface area contributed by atoms with E-state index in [9.17, 15) is 4.79 Å². The molecule has 1 aliphatic heterocycles. The van der Waals surface area contributed by atoms with E-state index in [0.29, 0.717) is 37.9 Å². The molecule has 22 heavy (non-hydrogen) atoms. The molecular weight excluding hydrogens is 280 g/mol. The maximum absolute atomic E-state index is 12.5. The Morgan fingerprint density at radius 2 is 1.91 bits per heavy atom. The summed E-state index contributed by atoms with van der Waals surface area (Å²) in [7, 11) is 0. The molecule has 1 amide bonds. The van der Waals surface area contributed by atoms with Crippen LogP contribution in [0.25, 0.3) is 0 Å². The Morgan fingerprint density at radius 1 is 1.18 bits per heavy atom. The number of amides is 1. The average molecular weight is 304 g/mol. The quantitative estimate of drug-likeness (QED) is 0.925. The van der Waals surface area contributed by atoms with Crippen LogP contribution in [0.2, 0.25) is 0 Å². The van der Waals surface area contributed by atoms with E-state index in [4.69, 9.17) is 15.2 Å². The largest absolute Gasteiger partial charge is 0.490 e. The number of benzene rings is 1. The van der Waals surface area contributed by atoms with Gasteiger partial charge < -0.3 is 20.1 Å². The zero-order valence-corrected chi connectivity index (χ0v) is 12.9. The molecule has 0 atom stereocenters. The Balaban J connectivity index is 1.63. The van der Waals surface area contributed by atoms with E-state index in [2.05, 4.69) is 0 Å². The maximum Gasteiger partial charge on any atom is 0.254 e. The molecule has 1 saturated carbocycles. The van der Waals surface area contributed by atoms with Crippen molar-refractivity contribution in [1.29, 1.82) is 0 Å². The summed E-state index contributed by atoms with van der Waals surface area (Å²) < 4.78 is 11.3. The van der Waals surface area contributed by atoms with Crippen molar-refractivity contribution in [2.75, 3.05) is 26.3 Å². The van der Waals surface area contributed by atoms with E-state index in [0.717, 1.165) is 31.4 Å². The maximum atomic E-state index is 12.5. The van der Waals surface area contributed by atoms with Gasteiger partial charge in [0.25, 0.3) is 5.91 Å². The third kappa shape index (κ3) is 3.78. The third-order valence-corrected chi connectivity index (χ3v) is 4.40. The molecule has 1 aromatic rings. The summed E-state index contributed by atoms with van der Waals surface area (Å²) in [6, 6.07) is 7.82. The molecule has 1 heterocycles. The van der Waals surface area contributed by atoms with Gasteiger partial charge in [-0.1, -0.05) is 6.07 Å². The molecule has 1 saturated heterocycles. The van der Waals surface area contributed by atoms with Crippen LogP contribution in [0.15, 0.2) is 24.3 Å². The van der Waals surface area contributed by atoms with Gasteiger partial charge in [0.15, 0.2) is 0 Å². The van der Waals surface area contributed by atoms with E-state index < -0.39 is 0 Å². The number of carbonyl (C=O) groups excluding carboxylic acids is 1. The number of hydrogen-bond acceptors (Lipinski definition) is 4. The summed E-state index contributed by atoms with van der Waals surface area (Å²) in [6.07, 6.45) is 4.22. The fourth-order valence-electron chi connectivity index (χ4n) is 3.05. The predicted molar refractivity (Wildman–Crippen MR) is 84.0 cm³/mol. The molecule has 0 bridgehead atoms. The first-order valence-corrected chi connectivity index (χ1v) is 8.12. The summed E-state index contributed by atoms with van der Waals surface area (Å²) in [5.74, 6) is 0.832. The Bertz CT molecular complexity index is 506. The van der Waals surface area contributed by atoms with Crippen LogP contribution in [-0.4, -0.2) is 49.3 Å². The SMILES string of the molecule is NC1CCC(Oc2cccc(C(=O)N3CCOCC3)c2)CC1. The highest BCUT2D eigenvalue weighted by atomic mass is 16.5. The Morgan fingerprint density at radius 3 is 2.64 bits per heavy atom. The van der Waals surface area contributed by atoms with Crippen LogP contribution < -0.4 is 10.5 Å². The van der Waals surface area contributed by atoms with Gasteiger partial charge in [-0.05, 0) is 43.9 Å². The molecule has 0 radical (unpaired) electrons. The second kappa shape index (κ2) is 7.11. The highest BCUT2D eigenvalue weighted by molar-refractivity contribution is 5.94. The standard InChI is InChI=1S/C17H24N2O3/c18-14-4-6-15(7-5-14)22-16-3-1-2-13(12-16)17(20)19-8-10-21-11-9-19/h1-3,12,14-15H,4-11,18H2. The number of hydrogen-bond donors (Lipinski definition) is 1. The van der Waals surface area contributed by atoms with Crippen molar-refractivity contribution in [3.8, 4) is 5.75 Å². The molecule has 0 aromatic heterocycles. The van der Waals surface area contributed by atoms with Gasteiger partial charge in [-0.3, -0.25) is 4.79 Å². The smallest absolute Gasteiger partial charge is 0.254 e. The lowest BCUT2D eigenvalue weighted by molar-refractivity contribution is 0.0302. The molecule has 0 spiro atoms.